The first-order chi connectivity index (χ1) is 15.9. The van der Waals surface area contributed by atoms with Gasteiger partial charge in [-0.25, -0.2) is 9.18 Å². The molecule has 1 atom stereocenters. The Morgan fingerprint density at radius 3 is 2.50 bits per heavy atom. The third kappa shape index (κ3) is 5.32. The number of ether oxygens (including phenoxy) is 1. The van der Waals surface area contributed by atoms with E-state index in [2.05, 4.69) is 5.32 Å². The number of benzene rings is 1. The van der Waals surface area contributed by atoms with E-state index in [0.29, 0.717) is 29.0 Å². The fourth-order valence-corrected chi connectivity index (χ4v) is 3.92. The number of nitrogens with one attached hydrogen (secondary N) is 1. The summed E-state index contributed by atoms with van der Waals surface area (Å²) in [7, 11) is 0. The molecule has 1 saturated heterocycles. The van der Waals surface area contributed by atoms with Crippen molar-refractivity contribution in [2.75, 3.05) is 13.1 Å². The Morgan fingerprint density at radius 1 is 1.24 bits per heavy atom. The van der Waals surface area contributed by atoms with Gasteiger partial charge >= 0.3 is 6.09 Å². The highest BCUT2D eigenvalue weighted by atomic mass is 19.1. The Morgan fingerprint density at radius 2 is 1.94 bits per heavy atom. The van der Waals surface area contributed by atoms with Crippen LogP contribution in [0.4, 0.5) is 9.18 Å². The highest BCUT2D eigenvalue weighted by Gasteiger charge is 2.36. The van der Waals surface area contributed by atoms with E-state index in [1.165, 1.54) is 24.0 Å². The quantitative estimate of drug-likeness (QED) is 0.531. The van der Waals surface area contributed by atoms with Gasteiger partial charge in [0.05, 0.1) is 0 Å². The molecule has 2 heterocycles. The number of piperidine rings is 1. The van der Waals surface area contributed by atoms with E-state index in [0.717, 1.165) is 0 Å². The van der Waals surface area contributed by atoms with Gasteiger partial charge < -0.3 is 9.64 Å². The highest BCUT2D eigenvalue weighted by Crippen LogP contribution is 2.29. The Bertz CT molecular complexity index is 1080. The zero-order valence-corrected chi connectivity index (χ0v) is 19.6. The lowest BCUT2D eigenvalue weighted by Gasteiger charge is -2.30. The summed E-state index contributed by atoms with van der Waals surface area (Å²) in [6.45, 7) is 7.39. The Balaban J connectivity index is 1.79. The van der Waals surface area contributed by atoms with E-state index < -0.39 is 41.3 Å². The second-order valence-corrected chi connectivity index (χ2v) is 9.29. The number of carbonyl (C=O) groups is 5. The SMILES string of the molecule is Cc1c(C(=O)N(C=O)C2CCC(=O)NC2=O)ccc(C2=CCN(C(=O)OC(C)(C)C)CC2)c1F. The van der Waals surface area contributed by atoms with Gasteiger partial charge in [-0.2, -0.15) is 0 Å². The molecule has 1 fully saturated rings. The van der Waals surface area contributed by atoms with Crippen LogP contribution in [0.1, 0.15) is 61.5 Å². The van der Waals surface area contributed by atoms with Crippen molar-refractivity contribution in [1.29, 1.82) is 0 Å². The number of hydrogen-bond acceptors (Lipinski definition) is 6. The number of nitrogens with zero attached hydrogens (tertiary/aromatic N) is 2. The van der Waals surface area contributed by atoms with Crippen molar-refractivity contribution < 1.29 is 33.1 Å². The maximum atomic E-state index is 15.3. The molecular formula is C24H28FN3O6. The molecule has 182 valence electrons. The summed E-state index contributed by atoms with van der Waals surface area (Å²) >= 11 is 0. The van der Waals surface area contributed by atoms with Crippen LogP contribution in [0.15, 0.2) is 18.2 Å². The fraction of sp³-hybridized carbons (Fsp3) is 0.458. The van der Waals surface area contributed by atoms with E-state index in [-0.39, 0.29) is 36.9 Å². The standard InChI is InChI=1S/C24H28FN3O6/c1-14-16(22(32)28(13-29)18-7-8-19(30)26-21(18)31)5-6-17(20(14)25)15-9-11-27(12-10-15)23(33)34-24(2,3)4/h5-6,9,13,18H,7-8,10-12H2,1-4H3,(H,26,30,31). The normalized spacial score (nSPS) is 18.7. The number of hydrogen-bond donors (Lipinski definition) is 1. The molecular weight excluding hydrogens is 445 g/mol. The van der Waals surface area contributed by atoms with Gasteiger partial charge in [-0.05, 0) is 57.7 Å². The minimum Gasteiger partial charge on any atom is -0.444 e. The molecule has 0 bridgehead atoms. The van der Waals surface area contributed by atoms with Crippen LogP contribution in [0, 0.1) is 12.7 Å². The number of rotatable bonds is 4. The second kappa shape index (κ2) is 9.74. The Hall–Kier alpha value is -3.56. The number of carbonyl (C=O) groups excluding carboxylic acids is 5. The topological polar surface area (TPSA) is 113 Å². The van der Waals surface area contributed by atoms with E-state index in [1.807, 2.05) is 0 Å². The molecule has 0 radical (unpaired) electrons. The first kappa shape index (κ1) is 25.1. The van der Waals surface area contributed by atoms with Crippen LogP contribution >= 0.6 is 0 Å². The summed E-state index contributed by atoms with van der Waals surface area (Å²) < 4.78 is 20.7. The van der Waals surface area contributed by atoms with Gasteiger partial charge in [-0.1, -0.05) is 12.1 Å². The van der Waals surface area contributed by atoms with Crippen LogP contribution in [0.5, 0.6) is 0 Å². The summed E-state index contributed by atoms with van der Waals surface area (Å²) in [6.07, 6.45) is 1.93. The van der Waals surface area contributed by atoms with Crippen molar-refractivity contribution in [3.63, 3.8) is 0 Å². The molecule has 5 amide bonds. The molecule has 1 aromatic carbocycles. The minimum absolute atomic E-state index is 0.00518. The molecule has 2 aliphatic heterocycles. The Kier molecular flexibility index (Phi) is 7.18. The molecule has 3 rings (SSSR count). The van der Waals surface area contributed by atoms with Crippen LogP contribution in [-0.4, -0.2) is 64.8 Å². The zero-order chi connectivity index (χ0) is 25.2. The smallest absolute Gasteiger partial charge is 0.410 e. The van der Waals surface area contributed by atoms with E-state index >= 15 is 4.39 Å². The summed E-state index contributed by atoms with van der Waals surface area (Å²) in [4.78, 5) is 62.5. The lowest BCUT2D eigenvalue weighted by atomic mass is 9.94. The van der Waals surface area contributed by atoms with E-state index in [9.17, 15) is 24.0 Å². The van der Waals surface area contributed by atoms with Crippen molar-refractivity contribution >= 4 is 35.8 Å². The van der Waals surface area contributed by atoms with Crippen molar-refractivity contribution in [1.82, 2.24) is 15.1 Å². The molecule has 2 aliphatic rings. The van der Waals surface area contributed by atoms with Gasteiger partial charge in [0.1, 0.15) is 17.5 Å². The summed E-state index contributed by atoms with van der Waals surface area (Å²) in [5, 5.41) is 2.10. The molecule has 1 N–H and O–H groups in total. The minimum atomic E-state index is -1.13. The van der Waals surface area contributed by atoms with Gasteiger partial charge in [-0.3, -0.25) is 29.4 Å². The molecule has 34 heavy (non-hydrogen) atoms. The lowest BCUT2D eigenvalue weighted by molar-refractivity contribution is -0.139. The molecule has 0 spiro atoms. The first-order valence-electron chi connectivity index (χ1n) is 11.0. The average Bonchev–Trinajstić information content (AvgIpc) is 2.76. The summed E-state index contributed by atoms with van der Waals surface area (Å²) in [6, 6.07) is 1.74. The van der Waals surface area contributed by atoms with Crippen molar-refractivity contribution in [3.05, 3.63) is 40.7 Å². The van der Waals surface area contributed by atoms with Gasteiger partial charge in [-0.15, -0.1) is 0 Å². The lowest BCUT2D eigenvalue weighted by Crippen LogP contribution is -2.54. The van der Waals surface area contributed by atoms with Crippen LogP contribution in [0.3, 0.4) is 0 Å². The molecule has 1 unspecified atom stereocenters. The van der Waals surface area contributed by atoms with Gasteiger partial charge in [0.15, 0.2) is 0 Å². The molecule has 0 aromatic heterocycles. The molecule has 0 saturated carbocycles. The predicted octanol–water partition coefficient (Wildman–Crippen LogP) is 2.56. The molecule has 10 heteroatoms. The van der Waals surface area contributed by atoms with E-state index in [1.54, 1.807) is 26.8 Å². The molecule has 9 nitrogen and oxygen atoms in total. The number of amides is 5. The van der Waals surface area contributed by atoms with Crippen molar-refractivity contribution in [3.8, 4) is 0 Å². The largest absolute Gasteiger partial charge is 0.444 e. The maximum absolute atomic E-state index is 15.3. The third-order valence-electron chi connectivity index (χ3n) is 5.72. The number of halogens is 1. The van der Waals surface area contributed by atoms with Crippen LogP contribution in [0.25, 0.3) is 5.57 Å². The highest BCUT2D eigenvalue weighted by molar-refractivity contribution is 6.07. The van der Waals surface area contributed by atoms with Gasteiger partial charge in [0.25, 0.3) is 5.91 Å². The van der Waals surface area contributed by atoms with Crippen LogP contribution < -0.4 is 5.32 Å². The summed E-state index contributed by atoms with van der Waals surface area (Å²) in [5.41, 5.74) is 0.367. The van der Waals surface area contributed by atoms with Crippen molar-refractivity contribution in [2.24, 2.45) is 0 Å². The van der Waals surface area contributed by atoms with Crippen molar-refractivity contribution in [2.45, 2.75) is 58.6 Å². The van der Waals surface area contributed by atoms with E-state index in [4.69, 9.17) is 4.74 Å². The zero-order valence-electron chi connectivity index (χ0n) is 19.6. The maximum Gasteiger partial charge on any atom is 0.410 e. The first-order valence-corrected chi connectivity index (χ1v) is 11.0. The average molecular weight is 474 g/mol. The van der Waals surface area contributed by atoms with Gasteiger partial charge in [0, 0.05) is 30.6 Å². The monoisotopic (exact) mass is 473 g/mol. The second-order valence-electron chi connectivity index (χ2n) is 9.29. The Labute approximate surface area is 196 Å². The molecule has 1 aromatic rings. The van der Waals surface area contributed by atoms with Gasteiger partial charge in [0.2, 0.25) is 18.2 Å². The summed E-state index contributed by atoms with van der Waals surface area (Å²) in [5.74, 6) is -2.65. The third-order valence-corrected chi connectivity index (χ3v) is 5.72. The fourth-order valence-electron chi connectivity index (χ4n) is 3.92. The predicted molar refractivity (Wildman–Crippen MR) is 120 cm³/mol. The van der Waals surface area contributed by atoms with Crippen LogP contribution in [0.2, 0.25) is 0 Å². The number of imide groups is 2. The molecule has 0 aliphatic carbocycles. The van der Waals surface area contributed by atoms with Crippen LogP contribution in [-0.2, 0) is 19.1 Å².